The lowest BCUT2D eigenvalue weighted by Gasteiger charge is -2.32. The zero-order valence-electron chi connectivity index (χ0n) is 33.6. The summed E-state index contributed by atoms with van der Waals surface area (Å²) >= 11 is 0. The molecule has 12 nitrogen and oxygen atoms in total. The van der Waals surface area contributed by atoms with Gasteiger partial charge < -0.3 is 30.2 Å². The van der Waals surface area contributed by atoms with Gasteiger partial charge in [0.15, 0.2) is 0 Å². The minimum atomic E-state index is -4.60. The molecule has 4 N–H and O–H groups in total. The van der Waals surface area contributed by atoms with E-state index in [1.54, 1.807) is 60.6 Å². The predicted molar refractivity (Wildman–Crippen MR) is 222 cm³/mol. The second kappa shape index (κ2) is 17.1. The quantitative estimate of drug-likeness (QED) is 0.118. The smallest absolute Gasteiger partial charge is 0.416 e. The molecule has 2 aliphatic heterocycles. The molecule has 0 radical (unpaired) electrons. The molecule has 2 aliphatic rings. The van der Waals surface area contributed by atoms with Crippen molar-refractivity contribution in [1.29, 1.82) is 0 Å². The summed E-state index contributed by atoms with van der Waals surface area (Å²) in [7, 11) is 3.23. The molecular weight excluding hydrogens is 786 g/mol. The molecule has 61 heavy (non-hydrogen) atoms. The summed E-state index contributed by atoms with van der Waals surface area (Å²) < 4.78 is 47.3. The highest BCUT2D eigenvalue weighted by Gasteiger charge is 2.42. The number of benzene rings is 4. The number of ether oxygens (including phenoxy) is 1. The Morgan fingerprint density at radius 2 is 1.18 bits per heavy atom. The third-order valence-corrected chi connectivity index (χ3v) is 11.5. The normalized spacial score (nSPS) is 17.7. The first kappa shape index (κ1) is 41.0. The van der Waals surface area contributed by atoms with Crippen LogP contribution < -0.4 is 5.73 Å². The number of aromatic amines is 2. The first-order chi connectivity index (χ1) is 29.4. The van der Waals surface area contributed by atoms with Gasteiger partial charge in [-0.3, -0.25) is 14.5 Å². The third kappa shape index (κ3) is 8.51. The van der Waals surface area contributed by atoms with Gasteiger partial charge in [-0.1, -0.05) is 97.1 Å². The van der Waals surface area contributed by atoms with Crippen LogP contribution in [0, 0.1) is 0 Å². The van der Waals surface area contributed by atoms with Crippen LogP contribution in [0.25, 0.3) is 33.6 Å². The highest BCUT2D eigenvalue weighted by atomic mass is 19.4. The molecule has 4 aromatic carbocycles. The number of likely N-dealkylation sites (tertiary alicyclic amines) is 2. The van der Waals surface area contributed by atoms with E-state index in [0.29, 0.717) is 49.6 Å². The van der Waals surface area contributed by atoms with E-state index in [9.17, 15) is 27.6 Å². The van der Waals surface area contributed by atoms with Gasteiger partial charge in [0, 0.05) is 18.7 Å². The van der Waals surface area contributed by atoms with E-state index in [1.807, 2.05) is 54.6 Å². The monoisotopic (exact) mass is 830 g/mol. The Morgan fingerprint density at radius 3 is 1.67 bits per heavy atom. The van der Waals surface area contributed by atoms with E-state index in [4.69, 9.17) is 10.5 Å². The topological polar surface area (TPSA) is 154 Å². The van der Waals surface area contributed by atoms with Crippen molar-refractivity contribution in [2.45, 2.75) is 56.1 Å². The number of aromatic nitrogens is 4. The Labute approximate surface area is 350 Å². The molecule has 15 heteroatoms. The molecule has 1 unspecified atom stereocenters. The van der Waals surface area contributed by atoms with Gasteiger partial charge in [-0.25, -0.2) is 14.8 Å². The molecule has 0 spiro atoms. The summed E-state index contributed by atoms with van der Waals surface area (Å²) in [6.07, 6.45) is -0.499. The molecule has 2 aromatic heterocycles. The van der Waals surface area contributed by atoms with Gasteiger partial charge in [-0.05, 0) is 73.7 Å². The number of amides is 3. The molecule has 8 rings (SSSR count). The number of nitrogens with two attached hydrogens (primary N) is 1. The lowest BCUT2D eigenvalue weighted by Crippen LogP contribution is -2.41. The molecule has 6 aromatic rings. The van der Waals surface area contributed by atoms with Gasteiger partial charge in [0.25, 0.3) is 5.91 Å². The highest BCUT2D eigenvalue weighted by molar-refractivity contribution is 5.86. The number of carbonyl (C=O) groups is 3. The van der Waals surface area contributed by atoms with Crippen LogP contribution in [0.3, 0.4) is 0 Å². The van der Waals surface area contributed by atoms with Gasteiger partial charge in [0.05, 0.1) is 41.4 Å². The van der Waals surface area contributed by atoms with Crippen LogP contribution in [0.4, 0.5) is 18.0 Å². The second-order valence-corrected chi connectivity index (χ2v) is 15.6. The number of imidazole rings is 2. The van der Waals surface area contributed by atoms with Crippen molar-refractivity contribution in [1.82, 2.24) is 34.6 Å². The minimum absolute atomic E-state index is 0.0737. The van der Waals surface area contributed by atoms with Crippen LogP contribution >= 0.6 is 0 Å². The fourth-order valence-corrected chi connectivity index (χ4v) is 8.56. The van der Waals surface area contributed by atoms with Gasteiger partial charge in [-0.15, -0.1) is 0 Å². The number of carbonyl (C=O) groups excluding carboxylic acids is 3. The lowest BCUT2D eigenvalue weighted by atomic mass is 9.97. The number of rotatable bonds is 11. The molecule has 2 fully saturated rings. The number of hydrogen-bond acceptors (Lipinski definition) is 7. The summed E-state index contributed by atoms with van der Waals surface area (Å²) in [5.41, 5.74) is 10.3. The van der Waals surface area contributed by atoms with Gasteiger partial charge in [0.1, 0.15) is 17.7 Å². The number of nitrogens with zero attached hydrogens (tertiary/aromatic N) is 5. The summed E-state index contributed by atoms with van der Waals surface area (Å²) in [4.78, 5) is 60.4. The predicted octanol–water partition coefficient (Wildman–Crippen LogP) is 8.62. The zero-order chi connectivity index (χ0) is 42.8. The van der Waals surface area contributed by atoms with Crippen LogP contribution in [0.5, 0.6) is 0 Å². The number of hydrogen-bond donors (Lipinski definition) is 3. The summed E-state index contributed by atoms with van der Waals surface area (Å²) in [5.74, 6) is 0.478. The Kier molecular flexibility index (Phi) is 11.5. The van der Waals surface area contributed by atoms with Gasteiger partial charge in [0.2, 0.25) is 12.0 Å². The minimum Gasteiger partial charge on any atom is -0.431 e. The molecule has 0 aliphatic carbocycles. The largest absolute Gasteiger partial charge is 0.431 e. The molecule has 0 saturated carbocycles. The average molecular weight is 831 g/mol. The standard InChI is InChI=1S/C46H45F3N8O4/c1-55(2)39(33-12-6-7-13-34(33)46(47,48)49)43(58)56-24-8-14-37(56)41-51-26-35(53-41)30-20-16-28(17-21-30)29-18-22-31(23-19-29)36-27-52-42(54-36)38-15-9-25-57(38)44(59)40(61-45(50)60)32-10-4-3-5-11-32/h3-7,10-13,16-23,26-27,37-40H,8-9,14-15,24-25H2,1-2H3,(H2,50,60)(H,51,53)(H,52,54)/t37-,38-,39?,40+/m0/s1. The molecule has 4 atom stereocenters. The third-order valence-electron chi connectivity index (χ3n) is 11.5. The molecular formula is C46H45F3N8O4. The highest BCUT2D eigenvalue weighted by Crippen LogP contribution is 2.40. The fourth-order valence-electron chi connectivity index (χ4n) is 8.56. The van der Waals surface area contributed by atoms with E-state index < -0.39 is 41.9 Å². The van der Waals surface area contributed by atoms with Crippen LogP contribution in [-0.4, -0.2) is 79.7 Å². The Hall–Kier alpha value is -6.74. The molecule has 4 heterocycles. The first-order valence-corrected chi connectivity index (χ1v) is 20.1. The Bertz CT molecular complexity index is 2500. The Balaban J connectivity index is 0.936. The van der Waals surface area contributed by atoms with Crippen LogP contribution in [0.15, 0.2) is 116 Å². The van der Waals surface area contributed by atoms with Crippen LogP contribution in [0.2, 0.25) is 0 Å². The van der Waals surface area contributed by atoms with Crippen molar-refractivity contribution in [2.75, 3.05) is 27.2 Å². The van der Waals surface area contributed by atoms with Crippen molar-refractivity contribution >= 4 is 17.9 Å². The SMILES string of the molecule is CN(C)C(C(=O)N1CCC[C@H]1c1ncc(-c2ccc(-c3ccc(-c4cnc([C@@H]5CCCN5C(=O)[C@H](OC(N)=O)c5ccccc5)[nH]4)cc3)cc2)[nH]1)c1ccccc1C(F)(F)F. The van der Waals surface area contributed by atoms with Crippen molar-refractivity contribution in [3.63, 3.8) is 0 Å². The molecule has 2 saturated heterocycles. The molecule has 0 bridgehead atoms. The van der Waals surface area contributed by atoms with Gasteiger partial charge >= 0.3 is 12.3 Å². The lowest BCUT2D eigenvalue weighted by molar-refractivity contribution is -0.142. The zero-order valence-corrected chi connectivity index (χ0v) is 33.6. The molecule has 314 valence electrons. The van der Waals surface area contributed by atoms with Crippen molar-refractivity contribution < 1.29 is 32.3 Å². The summed E-state index contributed by atoms with van der Waals surface area (Å²) in [6, 6.07) is 28.3. The van der Waals surface area contributed by atoms with E-state index in [2.05, 4.69) is 19.9 Å². The maximum atomic E-state index is 14.0. The van der Waals surface area contributed by atoms with E-state index >= 15 is 0 Å². The first-order valence-electron chi connectivity index (χ1n) is 20.1. The van der Waals surface area contributed by atoms with Gasteiger partial charge in [-0.2, -0.15) is 13.2 Å². The number of primary amides is 1. The van der Waals surface area contributed by atoms with Crippen molar-refractivity contribution in [3.05, 3.63) is 144 Å². The van der Waals surface area contributed by atoms with Crippen LogP contribution in [-0.2, 0) is 20.5 Å². The maximum absolute atomic E-state index is 14.0. The summed E-state index contributed by atoms with van der Waals surface area (Å²) in [5, 5.41) is 0. The van der Waals surface area contributed by atoms with Crippen LogP contribution in [0.1, 0.15) is 78.3 Å². The van der Waals surface area contributed by atoms with E-state index in [0.717, 1.165) is 46.1 Å². The second-order valence-electron chi connectivity index (χ2n) is 15.6. The summed E-state index contributed by atoms with van der Waals surface area (Å²) in [6.45, 7) is 0.905. The molecule has 3 amide bonds. The number of nitrogens with one attached hydrogen (secondary N) is 2. The number of halogens is 3. The fraction of sp³-hybridized carbons (Fsp3) is 0.283. The average Bonchev–Trinajstić information content (AvgIpc) is 4.10. The van der Waals surface area contributed by atoms with Crippen molar-refractivity contribution in [2.24, 2.45) is 5.73 Å². The number of alkyl halides is 3. The Morgan fingerprint density at radius 1 is 0.705 bits per heavy atom. The number of H-pyrrole nitrogens is 2. The van der Waals surface area contributed by atoms with E-state index in [1.165, 1.54) is 23.1 Å². The number of likely N-dealkylation sites (N-methyl/N-ethyl adjacent to an activating group) is 1. The maximum Gasteiger partial charge on any atom is 0.416 e. The van der Waals surface area contributed by atoms with E-state index in [-0.39, 0.29) is 17.5 Å². The van der Waals surface area contributed by atoms with Crippen molar-refractivity contribution in [3.8, 4) is 33.6 Å².